The van der Waals surface area contributed by atoms with E-state index >= 15 is 0 Å². The molecule has 0 spiro atoms. The molecule has 1 aliphatic rings. The number of guanidine groups is 1. The number of ether oxygens (including phenoxy) is 2. The van der Waals surface area contributed by atoms with Crippen molar-refractivity contribution < 1.29 is 9.47 Å². The maximum Gasteiger partial charge on any atom is 0.193 e. The number of rotatable bonds is 6. The third-order valence-electron chi connectivity index (χ3n) is 4.54. The molecule has 5 heteroatoms. The highest BCUT2D eigenvalue weighted by Crippen LogP contribution is 2.30. The second-order valence-corrected chi connectivity index (χ2v) is 7.62. The van der Waals surface area contributed by atoms with E-state index in [2.05, 4.69) is 48.1 Å². The van der Waals surface area contributed by atoms with Crippen molar-refractivity contribution in [2.45, 2.75) is 32.6 Å². The van der Waals surface area contributed by atoms with Crippen molar-refractivity contribution in [2.75, 3.05) is 47.0 Å². The van der Waals surface area contributed by atoms with Crippen LogP contribution in [-0.4, -0.2) is 57.9 Å². The van der Waals surface area contributed by atoms with Gasteiger partial charge in [0.2, 0.25) is 0 Å². The van der Waals surface area contributed by atoms with E-state index in [9.17, 15) is 0 Å². The van der Waals surface area contributed by atoms with E-state index in [0.717, 1.165) is 44.4 Å². The minimum atomic E-state index is 0.0754. The Bertz CT molecular complexity index is 566. The van der Waals surface area contributed by atoms with E-state index in [0.29, 0.717) is 12.5 Å². The van der Waals surface area contributed by atoms with Crippen molar-refractivity contribution in [3.63, 3.8) is 0 Å². The minimum Gasteiger partial charge on any atom is -0.491 e. The van der Waals surface area contributed by atoms with Gasteiger partial charge in [0.15, 0.2) is 5.96 Å². The highest BCUT2D eigenvalue weighted by molar-refractivity contribution is 5.80. The fourth-order valence-corrected chi connectivity index (χ4v) is 3.26. The zero-order valence-corrected chi connectivity index (χ0v) is 16.3. The van der Waals surface area contributed by atoms with Crippen LogP contribution in [0.25, 0.3) is 0 Å². The molecule has 0 saturated carbocycles. The Labute approximate surface area is 152 Å². The van der Waals surface area contributed by atoms with E-state index in [1.807, 2.05) is 19.2 Å². The topological polar surface area (TPSA) is 46.1 Å². The van der Waals surface area contributed by atoms with Crippen LogP contribution < -0.4 is 10.1 Å². The van der Waals surface area contributed by atoms with Gasteiger partial charge in [-0.15, -0.1) is 0 Å². The molecule has 1 aromatic rings. The highest BCUT2D eigenvalue weighted by atomic mass is 16.5. The van der Waals surface area contributed by atoms with E-state index < -0.39 is 0 Å². The predicted octanol–water partition coefficient (Wildman–Crippen LogP) is 2.91. The summed E-state index contributed by atoms with van der Waals surface area (Å²) in [6.07, 6.45) is 1.16. The van der Waals surface area contributed by atoms with Gasteiger partial charge in [-0.3, -0.25) is 4.99 Å². The molecule has 0 aromatic heterocycles. The molecule has 1 aliphatic heterocycles. The summed E-state index contributed by atoms with van der Waals surface area (Å²) in [6, 6.07) is 8.28. The standard InChI is InChI=1S/C20H33N3O2/c1-20(2,3)17-8-6-7-9-18(17)25-13-11-22-19(21-4)23-12-10-16(14-23)15-24-5/h6-9,16H,10-15H2,1-5H3,(H,21,22). The summed E-state index contributed by atoms with van der Waals surface area (Å²) >= 11 is 0. The number of hydrogen-bond acceptors (Lipinski definition) is 3. The second kappa shape index (κ2) is 9.09. The Morgan fingerprint density at radius 1 is 1.32 bits per heavy atom. The fourth-order valence-electron chi connectivity index (χ4n) is 3.26. The lowest BCUT2D eigenvalue weighted by atomic mass is 9.86. The van der Waals surface area contributed by atoms with Crippen LogP contribution in [0, 0.1) is 5.92 Å². The van der Waals surface area contributed by atoms with Gasteiger partial charge in [-0.1, -0.05) is 39.0 Å². The number of methoxy groups -OCH3 is 1. The Morgan fingerprint density at radius 2 is 2.08 bits per heavy atom. The number of likely N-dealkylation sites (tertiary alicyclic amines) is 1. The molecule has 140 valence electrons. The van der Waals surface area contributed by atoms with Gasteiger partial charge in [-0.25, -0.2) is 0 Å². The molecule has 1 fully saturated rings. The van der Waals surface area contributed by atoms with Crippen molar-refractivity contribution >= 4 is 5.96 Å². The highest BCUT2D eigenvalue weighted by Gasteiger charge is 2.24. The first-order chi connectivity index (χ1) is 12.0. The van der Waals surface area contributed by atoms with Crippen LogP contribution in [0.2, 0.25) is 0 Å². The summed E-state index contributed by atoms with van der Waals surface area (Å²) in [6.45, 7) is 10.8. The first-order valence-corrected chi connectivity index (χ1v) is 9.12. The summed E-state index contributed by atoms with van der Waals surface area (Å²) in [7, 11) is 3.60. The number of para-hydroxylation sites is 1. The largest absolute Gasteiger partial charge is 0.491 e. The van der Waals surface area contributed by atoms with Crippen molar-refractivity contribution in [1.82, 2.24) is 10.2 Å². The second-order valence-electron chi connectivity index (χ2n) is 7.62. The number of nitrogens with one attached hydrogen (secondary N) is 1. The lowest BCUT2D eigenvalue weighted by molar-refractivity contribution is 0.157. The van der Waals surface area contributed by atoms with Crippen molar-refractivity contribution in [3.8, 4) is 5.75 Å². The lowest BCUT2D eigenvalue weighted by Crippen LogP contribution is -2.41. The first-order valence-electron chi connectivity index (χ1n) is 9.12. The van der Waals surface area contributed by atoms with Crippen LogP contribution >= 0.6 is 0 Å². The zero-order chi connectivity index (χ0) is 18.3. The molecule has 25 heavy (non-hydrogen) atoms. The Morgan fingerprint density at radius 3 is 2.76 bits per heavy atom. The van der Waals surface area contributed by atoms with Crippen LogP contribution in [0.15, 0.2) is 29.3 Å². The molecule has 2 rings (SSSR count). The molecule has 0 bridgehead atoms. The Kier molecular flexibility index (Phi) is 7.12. The molecule has 1 saturated heterocycles. The average molecular weight is 348 g/mol. The number of benzene rings is 1. The summed E-state index contributed by atoms with van der Waals surface area (Å²) in [5.74, 6) is 2.51. The van der Waals surface area contributed by atoms with Gasteiger partial charge in [-0.05, 0) is 23.5 Å². The van der Waals surface area contributed by atoms with Gasteiger partial charge >= 0.3 is 0 Å². The summed E-state index contributed by atoms with van der Waals surface area (Å²) in [4.78, 5) is 6.70. The summed E-state index contributed by atoms with van der Waals surface area (Å²) in [5, 5.41) is 3.41. The van der Waals surface area contributed by atoms with Gasteiger partial charge in [0.05, 0.1) is 13.2 Å². The average Bonchev–Trinajstić information content (AvgIpc) is 3.03. The number of hydrogen-bond donors (Lipinski definition) is 1. The molecule has 0 amide bonds. The monoisotopic (exact) mass is 347 g/mol. The Hall–Kier alpha value is -1.75. The van der Waals surface area contributed by atoms with E-state index in [1.165, 1.54) is 5.56 Å². The van der Waals surface area contributed by atoms with Gasteiger partial charge < -0.3 is 19.7 Å². The van der Waals surface area contributed by atoms with E-state index in [4.69, 9.17) is 9.47 Å². The zero-order valence-electron chi connectivity index (χ0n) is 16.3. The first kappa shape index (κ1) is 19.6. The van der Waals surface area contributed by atoms with Crippen molar-refractivity contribution in [3.05, 3.63) is 29.8 Å². The van der Waals surface area contributed by atoms with Crippen molar-refractivity contribution in [2.24, 2.45) is 10.9 Å². The number of nitrogens with zero attached hydrogens (tertiary/aromatic N) is 2. The summed E-state index contributed by atoms with van der Waals surface area (Å²) in [5.41, 5.74) is 1.31. The third-order valence-corrected chi connectivity index (χ3v) is 4.54. The molecule has 1 N–H and O–H groups in total. The van der Waals surface area contributed by atoms with Crippen LogP contribution in [0.3, 0.4) is 0 Å². The van der Waals surface area contributed by atoms with E-state index in [-0.39, 0.29) is 5.41 Å². The summed E-state index contributed by atoms with van der Waals surface area (Å²) < 4.78 is 11.3. The SMILES string of the molecule is CN=C(NCCOc1ccccc1C(C)(C)C)N1CCC(COC)C1. The normalized spacial score (nSPS) is 18.5. The predicted molar refractivity (Wildman–Crippen MR) is 104 cm³/mol. The van der Waals surface area contributed by atoms with E-state index in [1.54, 1.807) is 7.11 Å². The maximum atomic E-state index is 6.02. The molecular weight excluding hydrogens is 314 g/mol. The minimum absolute atomic E-state index is 0.0754. The molecule has 0 aliphatic carbocycles. The molecule has 1 aromatic carbocycles. The van der Waals surface area contributed by atoms with Gasteiger partial charge in [0.25, 0.3) is 0 Å². The molecule has 5 nitrogen and oxygen atoms in total. The fraction of sp³-hybridized carbons (Fsp3) is 0.650. The van der Waals surface area contributed by atoms with Crippen LogP contribution in [-0.2, 0) is 10.2 Å². The molecule has 1 heterocycles. The molecular formula is C20H33N3O2. The van der Waals surface area contributed by atoms with Gasteiger partial charge in [0, 0.05) is 33.2 Å². The molecule has 1 atom stereocenters. The Balaban J connectivity index is 1.81. The smallest absolute Gasteiger partial charge is 0.193 e. The van der Waals surface area contributed by atoms with Crippen molar-refractivity contribution in [1.29, 1.82) is 0 Å². The lowest BCUT2D eigenvalue weighted by Gasteiger charge is -2.24. The maximum absolute atomic E-state index is 6.02. The molecule has 1 unspecified atom stereocenters. The van der Waals surface area contributed by atoms with Crippen LogP contribution in [0.5, 0.6) is 5.75 Å². The van der Waals surface area contributed by atoms with Gasteiger partial charge in [-0.2, -0.15) is 0 Å². The van der Waals surface area contributed by atoms with Gasteiger partial charge in [0.1, 0.15) is 12.4 Å². The quantitative estimate of drug-likeness (QED) is 0.488. The number of aliphatic imine (C=N–C) groups is 1. The van der Waals surface area contributed by atoms with Crippen LogP contribution in [0.4, 0.5) is 0 Å². The molecule has 0 radical (unpaired) electrons. The van der Waals surface area contributed by atoms with Crippen LogP contribution in [0.1, 0.15) is 32.8 Å². The third kappa shape index (κ3) is 5.63.